The highest BCUT2D eigenvalue weighted by Gasteiger charge is 2.22. The SMILES string of the molecule is NC1CCC(n2cnnc2)C1. The Morgan fingerprint density at radius 2 is 2.00 bits per heavy atom. The standard InChI is InChI=1S/C7H12N4/c8-6-1-2-7(3-6)11-4-9-10-5-11/h4-7H,1-3,8H2. The zero-order valence-corrected chi connectivity index (χ0v) is 6.35. The van der Waals surface area contributed by atoms with Gasteiger partial charge in [0.1, 0.15) is 12.7 Å². The first-order chi connectivity index (χ1) is 5.36. The highest BCUT2D eigenvalue weighted by molar-refractivity contribution is 4.83. The summed E-state index contributed by atoms with van der Waals surface area (Å²) in [5.41, 5.74) is 5.78. The van der Waals surface area contributed by atoms with E-state index < -0.39 is 0 Å². The van der Waals surface area contributed by atoms with Gasteiger partial charge in [-0.15, -0.1) is 10.2 Å². The molecule has 1 aliphatic rings. The minimum absolute atomic E-state index is 0.377. The summed E-state index contributed by atoms with van der Waals surface area (Å²) in [6.07, 6.45) is 6.89. The van der Waals surface area contributed by atoms with Crippen molar-refractivity contribution < 1.29 is 0 Å². The molecule has 2 N–H and O–H groups in total. The lowest BCUT2D eigenvalue weighted by Crippen LogP contribution is -2.15. The topological polar surface area (TPSA) is 56.7 Å². The molecule has 0 saturated heterocycles. The van der Waals surface area contributed by atoms with E-state index in [1.807, 2.05) is 4.57 Å². The van der Waals surface area contributed by atoms with Crippen LogP contribution in [0.2, 0.25) is 0 Å². The van der Waals surface area contributed by atoms with Crippen LogP contribution < -0.4 is 5.73 Å². The van der Waals surface area contributed by atoms with E-state index in [4.69, 9.17) is 5.73 Å². The molecule has 4 nitrogen and oxygen atoms in total. The van der Waals surface area contributed by atoms with E-state index in [0.29, 0.717) is 12.1 Å². The molecule has 0 aromatic carbocycles. The van der Waals surface area contributed by atoms with Crippen molar-refractivity contribution in [1.29, 1.82) is 0 Å². The number of aromatic nitrogens is 3. The monoisotopic (exact) mass is 152 g/mol. The Kier molecular flexibility index (Phi) is 1.62. The third kappa shape index (κ3) is 1.26. The van der Waals surface area contributed by atoms with E-state index in [2.05, 4.69) is 10.2 Å². The normalized spacial score (nSPS) is 31.0. The van der Waals surface area contributed by atoms with Crippen LogP contribution in [0.3, 0.4) is 0 Å². The lowest BCUT2D eigenvalue weighted by Gasteiger charge is -2.08. The highest BCUT2D eigenvalue weighted by Crippen LogP contribution is 2.27. The van der Waals surface area contributed by atoms with Gasteiger partial charge in [0.05, 0.1) is 0 Å². The second-order valence-electron chi connectivity index (χ2n) is 3.14. The summed E-state index contributed by atoms with van der Waals surface area (Å²) in [6.45, 7) is 0. The first kappa shape index (κ1) is 6.79. The van der Waals surface area contributed by atoms with Crippen molar-refractivity contribution in [3.05, 3.63) is 12.7 Å². The molecule has 11 heavy (non-hydrogen) atoms. The average molecular weight is 152 g/mol. The molecular formula is C7H12N4. The molecule has 1 aromatic rings. The van der Waals surface area contributed by atoms with Gasteiger partial charge in [-0.2, -0.15) is 0 Å². The lowest BCUT2D eigenvalue weighted by atomic mass is 10.2. The highest BCUT2D eigenvalue weighted by atomic mass is 15.2. The fourth-order valence-electron chi connectivity index (χ4n) is 1.66. The van der Waals surface area contributed by atoms with E-state index in [1.165, 1.54) is 6.42 Å². The van der Waals surface area contributed by atoms with Crippen molar-refractivity contribution in [1.82, 2.24) is 14.8 Å². The Bertz CT molecular complexity index is 218. The second-order valence-corrected chi connectivity index (χ2v) is 3.14. The Morgan fingerprint density at radius 3 is 2.55 bits per heavy atom. The molecule has 1 fully saturated rings. The summed E-state index contributed by atoms with van der Waals surface area (Å²) in [7, 11) is 0. The molecule has 0 radical (unpaired) electrons. The minimum atomic E-state index is 0.377. The second kappa shape index (κ2) is 2.62. The van der Waals surface area contributed by atoms with E-state index in [9.17, 15) is 0 Å². The molecule has 0 amide bonds. The maximum Gasteiger partial charge on any atom is 0.119 e. The molecule has 0 spiro atoms. The predicted octanol–water partition coefficient (Wildman–Crippen LogP) is 0.330. The summed E-state index contributed by atoms with van der Waals surface area (Å²) < 4.78 is 2.05. The quantitative estimate of drug-likeness (QED) is 0.631. The first-order valence-electron chi connectivity index (χ1n) is 3.96. The van der Waals surface area contributed by atoms with Crippen molar-refractivity contribution in [2.75, 3.05) is 0 Å². The molecule has 1 heterocycles. The smallest absolute Gasteiger partial charge is 0.119 e. The van der Waals surface area contributed by atoms with Gasteiger partial charge in [0.2, 0.25) is 0 Å². The van der Waals surface area contributed by atoms with Crippen molar-refractivity contribution in [3.8, 4) is 0 Å². The van der Waals surface area contributed by atoms with Crippen LogP contribution in [-0.4, -0.2) is 20.8 Å². The Morgan fingerprint density at radius 1 is 1.27 bits per heavy atom. The Hall–Kier alpha value is -0.900. The summed E-state index contributed by atoms with van der Waals surface area (Å²) >= 11 is 0. The molecule has 0 bridgehead atoms. The number of rotatable bonds is 1. The third-order valence-corrected chi connectivity index (χ3v) is 2.30. The summed E-state index contributed by atoms with van der Waals surface area (Å²) in [5.74, 6) is 0. The number of nitrogens with zero attached hydrogens (tertiary/aromatic N) is 3. The van der Waals surface area contributed by atoms with Gasteiger partial charge in [0.15, 0.2) is 0 Å². The van der Waals surface area contributed by atoms with Gasteiger partial charge in [-0.05, 0) is 19.3 Å². The fraction of sp³-hybridized carbons (Fsp3) is 0.714. The van der Waals surface area contributed by atoms with Gasteiger partial charge < -0.3 is 10.3 Å². The van der Waals surface area contributed by atoms with Gasteiger partial charge in [0.25, 0.3) is 0 Å². The van der Waals surface area contributed by atoms with Gasteiger partial charge in [-0.3, -0.25) is 0 Å². The van der Waals surface area contributed by atoms with Gasteiger partial charge in [0, 0.05) is 12.1 Å². The van der Waals surface area contributed by atoms with E-state index in [0.717, 1.165) is 12.8 Å². The van der Waals surface area contributed by atoms with Crippen molar-refractivity contribution in [2.45, 2.75) is 31.3 Å². The lowest BCUT2D eigenvalue weighted by molar-refractivity contribution is 0.508. The third-order valence-electron chi connectivity index (χ3n) is 2.30. The van der Waals surface area contributed by atoms with Crippen LogP contribution in [0.15, 0.2) is 12.7 Å². The minimum Gasteiger partial charge on any atom is -0.328 e. The van der Waals surface area contributed by atoms with E-state index in [-0.39, 0.29) is 0 Å². The van der Waals surface area contributed by atoms with E-state index >= 15 is 0 Å². The Balaban J connectivity index is 2.08. The molecule has 4 heteroatoms. The van der Waals surface area contributed by atoms with Crippen molar-refractivity contribution in [2.24, 2.45) is 5.73 Å². The van der Waals surface area contributed by atoms with Crippen LogP contribution in [0.5, 0.6) is 0 Å². The summed E-state index contributed by atoms with van der Waals surface area (Å²) in [5, 5.41) is 7.53. The molecule has 0 aliphatic heterocycles. The molecule has 2 unspecified atom stereocenters. The van der Waals surface area contributed by atoms with Crippen LogP contribution in [0.1, 0.15) is 25.3 Å². The van der Waals surface area contributed by atoms with Crippen LogP contribution in [0.25, 0.3) is 0 Å². The van der Waals surface area contributed by atoms with Crippen molar-refractivity contribution in [3.63, 3.8) is 0 Å². The van der Waals surface area contributed by atoms with Gasteiger partial charge >= 0.3 is 0 Å². The number of hydrogen-bond donors (Lipinski definition) is 1. The molecule has 2 atom stereocenters. The first-order valence-corrected chi connectivity index (χ1v) is 3.96. The number of nitrogens with two attached hydrogens (primary N) is 1. The summed E-state index contributed by atoms with van der Waals surface area (Å²) in [6, 6.07) is 0.919. The largest absolute Gasteiger partial charge is 0.328 e. The zero-order valence-electron chi connectivity index (χ0n) is 6.35. The molecule has 60 valence electrons. The molecule has 1 saturated carbocycles. The summed E-state index contributed by atoms with van der Waals surface area (Å²) in [4.78, 5) is 0. The molecule has 2 rings (SSSR count). The Labute approximate surface area is 65.4 Å². The van der Waals surface area contributed by atoms with Crippen LogP contribution in [0, 0.1) is 0 Å². The van der Waals surface area contributed by atoms with Crippen LogP contribution in [0.4, 0.5) is 0 Å². The van der Waals surface area contributed by atoms with E-state index in [1.54, 1.807) is 12.7 Å². The number of hydrogen-bond acceptors (Lipinski definition) is 3. The fourth-order valence-corrected chi connectivity index (χ4v) is 1.66. The molecule has 1 aliphatic carbocycles. The average Bonchev–Trinajstić information content (AvgIpc) is 2.55. The molecular weight excluding hydrogens is 140 g/mol. The predicted molar refractivity (Wildman–Crippen MR) is 40.9 cm³/mol. The van der Waals surface area contributed by atoms with Crippen LogP contribution in [-0.2, 0) is 0 Å². The maximum absolute atomic E-state index is 5.78. The molecule has 1 aromatic heterocycles. The zero-order chi connectivity index (χ0) is 7.68. The van der Waals surface area contributed by atoms with Gasteiger partial charge in [-0.25, -0.2) is 0 Å². The maximum atomic E-state index is 5.78. The van der Waals surface area contributed by atoms with Gasteiger partial charge in [-0.1, -0.05) is 0 Å². The van der Waals surface area contributed by atoms with Crippen molar-refractivity contribution >= 4 is 0 Å². The van der Waals surface area contributed by atoms with Crippen LogP contribution >= 0.6 is 0 Å².